The molecule has 1 aliphatic heterocycles. The van der Waals surface area contributed by atoms with Crippen molar-refractivity contribution in [2.75, 3.05) is 5.73 Å². The Labute approximate surface area is 135 Å². The second-order valence-corrected chi connectivity index (χ2v) is 7.78. The van der Waals surface area contributed by atoms with Crippen molar-refractivity contribution in [3.63, 3.8) is 0 Å². The Morgan fingerprint density at radius 2 is 1.76 bits per heavy atom. The highest BCUT2D eigenvalue weighted by molar-refractivity contribution is 14.1. The summed E-state index contributed by atoms with van der Waals surface area (Å²) < 4.78 is 26.9. The molecule has 0 unspecified atom stereocenters. The van der Waals surface area contributed by atoms with Gasteiger partial charge in [-0.3, -0.25) is 4.79 Å². The number of halogens is 1. The summed E-state index contributed by atoms with van der Waals surface area (Å²) in [7, 11) is -3.82. The summed E-state index contributed by atoms with van der Waals surface area (Å²) in [4.78, 5) is 12.3. The normalized spacial score (nSPS) is 16.0. The molecule has 0 radical (unpaired) electrons. The number of carbonyl (C=O) groups excluding carboxylic acids is 1. The first-order valence-corrected chi connectivity index (χ1v) is 8.62. The van der Waals surface area contributed by atoms with Gasteiger partial charge in [-0.25, -0.2) is 12.7 Å². The molecule has 1 amide bonds. The highest BCUT2D eigenvalue weighted by Crippen LogP contribution is 2.32. The summed E-state index contributed by atoms with van der Waals surface area (Å²) in [6.07, 6.45) is 0. The van der Waals surface area contributed by atoms with Gasteiger partial charge in [0.05, 0.1) is 12.1 Å². The number of nitrogens with two attached hydrogens (primary N) is 1. The molecular formula is C14H11IN2O3S. The van der Waals surface area contributed by atoms with Crippen molar-refractivity contribution in [2.24, 2.45) is 0 Å². The Morgan fingerprint density at radius 1 is 1.10 bits per heavy atom. The fraction of sp³-hybridized carbons (Fsp3) is 0.0714. The van der Waals surface area contributed by atoms with Gasteiger partial charge < -0.3 is 5.73 Å². The predicted molar refractivity (Wildman–Crippen MR) is 87.1 cm³/mol. The molecule has 7 heteroatoms. The zero-order chi connectivity index (χ0) is 15.2. The fourth-order valence-corrected chi connectivity index (χ4v) is 4.15. The third kappa shape index (κ3) is 2.40. The summed E-state index contributed by atoms with van der Waals surface area (Å²) in [5.74, 6) is -0.511. The second kappa shape index (κ2) is 4.99. The third-order valence-corrected chi connectivity index (χ3v) is 5.76. The number of hydrogen-bond acceptors (Lipinski definition) is 4. The minimum absolute atomic E-state index is 0.0157. The monoisotopic (exact) mass is 414 g/mol. The average molecular weight is 414 g/mol. The van der Waals surface area contributed by atoms with Crippen LogP contribution in [0.1, 0.15) is 15.9 Å². The van der Waals surface area contributed by atoms with E-state index in [1.54, 1.807) is 0 Å². The maximum atomic E-state index is 12.5. The number of nitrogens with zero attached hydrogens (tertiary/aromatic N) is 1. The van der Waals surface area contributed by atoms with Gasteiger partial charge >= 0.3 is 0 Å². The molecule has 2 aromatic carbocycles. The first kappa shape index (κ1) is 14.3. The maximum absolute atomic E-state index is 12.5. The molecule has 1 aliphatic rings. The Bertz CT molecular complexity index is 832. The van der Waals surface area contributed by atoms with Crippen molar-refractivity contribution < 1.29 is 13.2 Å². The minimum atomic E-state index is -3.82. The van der Waals surface area contributed by atoms with Gasteiger partial charge in [0.1, 0.15) is 4.90 Å². The Balaban J connectivity index is 2.02. The molecule has 0 aromatic heterocycles. The molecule has 0 atom stereocenters. The lowest BCUT2D eigenvalue weighted by molar-refractivity contribution is 0.0865. The molecular weight excluding hydrogens is 403 g/mol. The molecule has 0 saturated heterocycles. The summed E-state index contributed by atoms with van der Waals surface area (Å²) in [6, 6.07) is 11.7. The van der Waals surface area contributed by atoms with Crippen LogP contribution in [0.5, 0.6) is 0 Å². The van der Waals surface area contributed by atoms with E-state index in [1.165, 1.54) is 18.2 Å². The van der Waals surface area contributed by atoms with E-state index in [9.17, 15) is 13.2 Å². The highest BCUT2D eigenvalue weighted by Gasteiger charge is 2.41. The lowest BCUT2D eigenvalue weighted by Crippen LogP contribution is -2.29. The van der Waals surface area contributed by atoms with Crippen LogP contribution in [0.3, 0.4) is 0 Å². The van der Waals surface area contributed by atoms with Gasteiger partial charge in [-0.15, -0.1) is 0 Å². The smallest absolute Gasteiger partial charge is 0.269 e. The lowest BCUT2D eigenvalue weighted by Gasteiger charge is -2.15. The molecule has 0 aliphatic carbocycles. The summed E-state index contributed by atoms with van der Waals surface area (Å²) in [6.45, 7) is 0.0205. The van der Waals surface area contributed by atoms with E-state index in [1.807, 2.05) is 24.3 Å². The molecule has 0 bridgehead atoms. The second-order valence-electron chi connectivity index (χ2n) is 4.70. The van der Waals surface area contributed by atoms with Crippen molar-refractivity contribution in [1.82, 2.24) is 4.31 Å². The van der Waals surface area contributed by atoms with Gasteiger partial charge in [-0.1, -0.05) is 12.1 Å². The standard InChI is InChI=1S/C14H11IN2O3S/c15-10-3-1-9(2-4-10)8-17-14(18)12-6-5-11(16)7-13(12)21(17,19)20/h1-7H,8,16H2. The number of amides is 1. The number of hydrogen-bond donors (Lipinski definition) is 1. The van der Waals surface area contributed by atoms with Crippen molar-refractivity contribution in [2.45, 2.75) is 11.4 Å². The zero-order valence-corrected chi connectivity index (χ0v) is 13.8. The summed E-state index contributed by atoms with van der Waals surface area (Å²) in [5.41, 5.74) is 6.87. The molecule has 1 heterocycles. The van der Waals surface area contributed by atoms with E-state index in [2.05, 4.69) is 22.6 Å². The van der Waals surface area contributed by atoms with Gasteiger partial charge in [-0.2, -0.15) is 0 Å². The maximum Gasteiger partial charge on any atom is 0.269 e. The molecule has 3 rings (SSSR count). The molecule has 21 heavy (non-hydrogen) atoms. The summed E-state index contributed by atoms with van der Waals surface area (Å²) >= 11 is 2.16. The van der Waals surface area contributed by atoms with E-state index in [-0.39, 0.29) is 17.0 Å². The molecule has 0 spiro atoms. The number of sulfonamides is 1. The van der Waals surface area contributed by atoms with E-state index in [0.29, 0.717) is 5.69 Å². The number of carbonyl (C=O) groups is 1. The van der Waals surface area contributed by atoms with Crippen molar-refractivity contribution >= 4 is 44.2 Å². The third-order valence-electron chi connectivity index (χ3n) is 3.27. The SMILES string of the molecule is Nc1ccc2c(c1)S(=O)(=O)N(Cc1ccc(I)cc1)C2=O. The van der Waals surface area contributed by atoms with Gasteiger partial charge in [0.25, 0.3) is 15.9 Å². The van der Waals surface area contributed by atoms with E-state index in [0.717, 1.165) is 13.4 Å². The Hall–Kier alpha value is -1.61. The van der Waals surface area contributed by atoms with Crippen molar-refractivity contribution in [3.05, 3.63) is 57.2 Å². The van der Waals surface area contributed by atoms with E-state index >= 15 is 0 Å². The van der Waals surface area contributed by atoms with Crippen molar-refractivity contribution in [1.29, 1.82) is 0 Å². The number of nitrogen functional groups attached to an aromatic ring is 1. The van der Waals surface area contributed by atoms with Crippen LogP contribution in [0.25, 0.3) is 0 Å². The molecule has 108 valence electrons. The molecule has 0 saturated carbocycles. The first-order valence-electron chi connectivity index (χ1n) is 6.10. The predicted octanol–water partition coefficient (Wildman–Crippen LogP) is 2.22. The molecule has 5 nitrogen and oxygen atoms in total. The largest absolute Gasteiger partial charge is 0.399 e. The molecule has 2 N–H and O–H groups in total. The average Bonchev–Trinajstić information content (AvgIpc) is 2.62. The van der Waals surface area contributed by atoms with Gasteiger partial charge in [0, 0.05) is 9.26 Å². The van der Waals surface area contributed by atoms with Crippen LogP contribution in [-0.2, 0) is 16.6 Å². The first-order chi connectivity index (χ1) is 9.89. The van der Waals surface area contributed by atoms with Crippen LogP contribution in [-0.4, -0.2) is 18.6 Å². The Kier molecular flexibility index (Phi) is 3.40. The van der Waals surface area contributed by atoms with Crippen LogP contribution in [0.2, 0.25) is 0 Å². The number of fused-ring (bicyclic) bond motifs is 1. The number of anilines is 1. The zero-order valence-electron chi connectivity index (χ0n) is 10.8. The van der Waals surface area contributed by atoms with E-state index < -0.39 is 15.9 Å². The molecule has 0 fully saturated rings. The van der Waals surface area contributed by atoms with Gasteiger partial charge in [0.2, 0.25) is 0 Å². The minimum Gasteiger partial charge on any atom is -0.399 e. The van der Waals surface area contributed by atoms with Gasteiger partial charge in [-0.05, 0) is 58.5 Å². The quantitative estimate of drug-likeness (QED) is 0.604. The molecule has 2 aromatic rings. The van der Waals surface area contributed by atoms with Gasteiger partial charge in [0.15, 0.2) is 0 Å². The van der Waals surface area contributed by atoms with Crippen LogP contribution in [0, 0.1) is 3.57 Å². The highest BCUT2D eigenvalue weighted by atomic mass is 127. The van der Waals surface area contributed by atoms with Crippen molar-refractivity contribution in [3.8, 4) is 0 Å². The fourth-order valence-electron chi connectivity index (χ4n) is 2.20. The van der Waals surface area contributed by atoms with Crippen LogP contribution >= 0.6 is 22.6 Å². The topological polar surface area (TPSA) is 80.5 Å². The number of benzene rings is 2. The Morgan fingerprint density at radius 3 is 2.43 bits per heavy atom. The summed E-state index contributed by atoms with van der Waals surface area (Å²) in [5, 5.41) is 0. The lowest BCUT2D eigenvalue weighted by atomic mass is 10.2. The van der Waals surface area contributed by atoms with E-state index in [4.69, 9.17) is 5.73 Å². The van der Waals surface area contributed by atoms with Crippen LogP contribution in [0.4, 0.5) is 5.69 Å². The van der Waals surface area contributed by atoms with Crippen LogP contribution < -0.4 is 5.73 Å². The number of rotatable bonds is 2. The van der Waals surface area contributed by atoms with Crippen LogP contribution in [0.15, 0.2) is 47.4 Å².